The topological polar surface area (TPSA) is 35.5 Å². The van der Waals surface area contributed by atoms with E-state index < -0.39 is 5.41 Å². The first kappa shape index (κ1) is 12.0. The van der Waals surface area contributed by atoms with E-state index in [9.17, 15) is 4.79 Å². The van der Waals surface area contributed by atoms with Gasteiger partial charge in [0.05, 0.1) is 18.6 Å². The van der Waals surface area contributed by atoms with Crippen LogP contribution in [0.3, 0.4) is 0 Å². The van der Waals surface area contributed by atoms with Gasteiger partial charge in [-0.2, -0.15) is 0 Å². The lowest BCUT2D eigenvalue weighted by atomic mass is 9.95. The molecule has 1 aromatic rings. The van der Waals surface area contributed by atoms with E-state index in [4.69, 9.17) is 9.47 Å². The van der Waals surface area contributed by atoms with Crippen LogP contribution in [0.15, 0.2) is 24.3 Å². The van der Waals surface area contributed by atoms with E-state index in [1.807, 2.05) is 38.1 Å². The zero-order chi connectivity index (χ0) is 12.5. The summed E-state index contributed by atoms with van der Waals surface area (Å²) in [5, 5.41) is 0. The summed E-state index contributed by atoms with van der Waals surface area (Å²) in [6.07, 6.45) is 1.79. The maximum Gasteiger partial charge on any atom is 0.316 e. The Bertz CT molecular complexity index is 419. The van der Waals surface area contributed by atoms with E-state index in [-0.39, 0.29) is 12.1 Å². The fourth-order valence-corrected chi connectivity index (χ4v) is 2.12. The molecular formula is C14H18O3. The first-order valence-corrected chi connectivity index (χ1v) is 5.95. The molecule has 1 aliphatic carbocycles. The van der Waals surface area contributed by atoms with Crippen molar-refractivity contribution in [1.29, 1.82) is 0 Å². The van der Waals surface area contributed by atoms with E-state index in [0.717, 1.165) is 24.2 Å². The number of rotatable bonds is 4. The molecule has 0 amide bonds. The summed E-state index contributed by atoms with van der Waals surface area (Å²) in [7, 11) is 1.44. The van der Waals surface area contributed by atoms with Gasteiger partial charge in [0.15, 0.2) is 0 Å². The summed E-state index contributed by atoms with van der Waals surface area (Å²) in [6, 6.07) is 7.74. The van der Waals surface area contributed by atoms with Crippen molar-refractivity contribution in [3.63, 3.8) is 0 Å². The maximum atomic E-state index is 11.9. The Labute approximate surface area is 102 Å². The first-order chi connectivity index (χ1) is 8.10. The van der Waals surface area contributed by atoms with Gasteiger partial charge in [-0.15, -0.1) is 0 Å². The van der Waals surface area contributed by atoms with Crippen LogP contribution in [0.25, 0.3) is 0 Å². The molecule has 1 saturated carbocycles. The third-order valence-corrected chi connectivity index (χ3v) is 3.09. The highest BCUT2D eigenvalue weighted by molar-refractivity contribution is 5.87. The lowest BCUT2D eigenvalue weighted by molar-refractivity contribution is -0.143. The van der Waals surface area contributed by atoms with Gasteiger partial charge >= 0.3 is 5.97 Å². The Morgan fingerprint density at radius 1 is 1.29 bits per heavy atom. The molecule has 0 aliphatic heterocycles. The van der Waals surface area contributed by atoms with Gasteiger partial charge in [0.1, 0.15) is 5.75 Å². The summed E-state index contributed by atoms with van der Waals surface area (Å²) < 4.78 is 10.7. The molecule has 3 heteroatoms. The van der Waals surface area contributed by atoms with Crippen LogP contribution in [0.5, 0.6) is 5.75 Å². The molecule has 2 rings (SSSR count). The second kappa shape index (κ2) is 4.40. The third-order valence-electron chi connectivity index (χ3n) is 3.09. The van der Waals surface area contributed by atoms with Gasteiger partial charge in [-0.1, -0.05) is 18.2 Å². The Morgan fingerprint density at radius 2 is 1.94 bits per heavy atom. The largest absolute Gasteiger partial charge is 0.491 e. The third kappa shape index (κ3) is 2.14. The molecule has 3 nitrogen and oxygen atoms in total. The number of benzene rings is 1. The van der Waals surface area contributed by atoms with Crippen LogP contribution in [0.4, 0.5) is 0 Å². The van der Waals surface area contributed by atoms with Crippen molar-refractivity contribution in [2.75, 3.05) is 7.11 Å². The summed E-state index contributed by atoms with van der Waals surface area (Å²) in [4.78, 5) is 11.9. The maximum absolute atomic E-state index is 11.9. The quantitative estimate of drug-likeness (QED) is 0.751. The molecule has 0 heterocycles. The smallest absolute Gasteiger partial charge is 0.316 e. The van der Waals surface area contributed by atoms with Crippen molar-refractivity contribution >= 4 is 5.97 Å². The number of ether oxygens (including phenoxy) is 2. The molecule has 0 bridgehead atoms. The summed E-state index contributed by atoms with van der Waals surface area (Å²) in [5.41, 5.74) is 0.501. The molecule has 92 valence electrons. The van der Waals surface area contributed by atoms with Gasteiger partial charge in [0, 0.05) is 5.56 Å². The van der Waals surface area contributed by atoms with Crippen LogP contribution in [0.1, 0.15) is 32.3 Å². The molecule has 0 saturated heterocycles. The minimum atomic E-state index is -0.458. The van der Waals surface area contributed by atoms with Crippen molar-refractivity contribution in [1.82, 2.24) is 0 Å². The van der Waals surface area contributed by atoms with Gasteiger partial charge in [-0.3, -0.25) is 4.79 Å². The molecule has 1 aromatic carbocycles. The SMILES string of the molecule is COC(=O)C1(c2ccccc2OC(C)C)CC1. The van der Waals surface area contributed by atoms with Crippen LogP contribution < -0.4 is 4.74 Å². The summed E-state index contributed by atoms with van der Waals surface area (Å²) >= 11 is 0. The van der Waals surface area contributed by atoms with Crippen LogP contribution in [0.2, 0.25) is 0 Å². The number of hydrogen-bond donors (Lipinski definition) is 0. The lowest BCUT2D eigenvalue weighted by Crippen LogP contribution is -2.23. The number of hydrogen-bond acceptors (Lipinski definition) is 3. The van der Waals surface area contributed by atoms with E-state index in [1.54, 1.807) is 0 Å². The zero-order valence-corrected chi connectivity index (χ0v) is 10.5. The van der Waals surface area contributed by atoms with Crippen LogP contribution in [-0.4, -0.2) is 19.2 Å². The highest BCUT2D eigenvalue weighted by Gasteiger charge is 2.54. The van der Waals surface area contributed by atoms with Crippen molar-refractivity contribution in [2.24, 2.45) is 0 Å². The molecule has 0 atom stereocenters. The van der Waals surface area contributed by atoms with Gasteiger partial charge in [-0.25, -0.2) is 0 Å². The average Bonchev–Trinajstić information content (AvgIpc) is 3.09. The highest BCUT2D eigenvalue weighted by Crippen LogP contribution is 2.52. The standard InChI is InChI=1S/C14H18O3/c1-10(2)17-12-7-5-4-6-11(12)14(8-9-14)13(15)16-3/h4-7,10H,8-9H2,1-3H3. The Balaban J connectivity index is 2.35. The van der Waals surface area contributed by atoms with Crippen LogP contribution >= 0.6 is 0 Å². The van der Waals surface area contributed by atoms with E-state index in [2.05, 4.69) is 0 Å². The van der Waals surface area contributed by atoms with Crippen LogP contribution in [-0.2, 0) is 14.9 Å². The molecular weight excluding hydrogens is 216 g/mol. The van der Waals surface area contributed by atoms with E-state index in [0.29, 0.717) is 0 Å². The normalized spacial score (nSPS) is 16.7. The summed E-state index contributed by atoms with van der Waals surface area (Å²) in [5.74, 6) is 0.641. The fourth-order valence-electron chi connectivity index (χ4n) is 2.12. The minimum absolute atomic E-state index is 0.101. The summed E-state index contributed by atoms with van der Waals surface area (Å²) in [6.45, 7) is 3.96. The van der Waals surface area contributed by atoms with E-state index >= 15 is 0 Å². The van der Waals surface area contributed by atoms with Crippen LogP contribution in [0, 0.1) is 0 Å². The first-order valence-electron chi connectivity index (χ1n) is 5.95. The predicted molar refractivity (Wildman–Crippen MR) is 65.1 cm³/mol. The molecule has 17 heavy (non-hydrogen) atoms. The van der Waals surface area contributed by atoms with Gasteiger partial charge in [-0.05, 0) is 32.8 Å². The lowest BCUT2D eigenvalue weighted by Gasteiger charge is -2.19. The van der Waals surface area contributed by atoms with Gasteiger partial charge < -0.3 is 9.47 Å². The molecule has 1 aliphatic rings. The molecule has 1 fully saturated rings. The minimum Gasteiger partial charge on any atom is -0.491 e. The molecule has 0 N–H and O–H groups in total. The van der Waals surface area contributed by atoms with Gasteiger partial charge in [0.25, 0.3) is 0 Å². The number of carbonyl (C=O) groups is 1. The Morgan fingerprint density at radius 3 is 2.47 bits per heavy atom. The molecule has 0 unspecified atom stereocenters. The van der Waals surface area contributed by atoms with E-state index in [1.165, 1.54) is 7.11 Å². The number of esters is 1. The molecule has 0 radical (unpaired) electrons. The average molecular weight is 234 g/mol. The monoisotopic (exact) mass is 234 g/mol. The van der Waals surface area contributed by atoms with Crippen molar-refractivity contribution in [3.8, 4) is 5.75 Å². The second-order valence-corrected chi connectivity index (χ2v) is 4.74. The number of carbonyl (C=O) groups excluding carboxylic acids is 1. The number of methoxy groups -OCH3 is 1. The zero-order valence-electron chi connectivity index (χ0n) is 10.5. The number of para-hydroxylation sites is 1. The van der Waals surface area contributed by atoms with Crippen molar-refractivity contribution < 1.29 is 14.3 Å². The van der Waals surface area contributed by atoms with Crippen molar-refractivity contribution in [2.45, 2.75) is 38.2 Å². The molecule has 0 aromatic heterocycles. The fraction of sp³-hybridized carbons (Fsp3) is 0.500. The van der Waals surface area contributed by atoms with Crippen molar-refractivity contribution in [3.05, 3.63) is 29.8 Å². The molecule has 0 spiro atoms. The predicted octanol–water partition coefficient (Wildman–Crippen LogP) is 2.68. The van der Waals surface area contributed by atoms with Gasteiger partial charge in [0.2, 0.25) is 0 Å². The highest BCUT2D eigenvalue weighted by atomic mass is 16.5. The second-order valence-electron chi connectivity index (χ2n) is 4.74. The Hall–Kier alpha value is -1.51. The Kier molecular flexibility index (Phi) is 3.09.